The van der Waals surface area contributed by atoms with Gasteiger partial charge in [-0.2, -0.15) is 0 Å². The zero-order valence-electron chi connectivity index (χ0n) is 11.4. The molecule has 5 nitrogen and oxygen atoms in total. The number of anilines is 1. The predicted molar refractivity (Wildman–Crippen MR) is 77.5 cm³/mol. The van der Waals surface area contributed by atoms with E-state index in [1.54, 1.807) is 13.0 Å². The summed E-state index contributed by atoms with van der Waals surface area (Å²) in [5, 5.41) is 1.82. The number of benzene rings is 2. The van der Waals surface area contributed by atoms with Gasteiger partial charge in [0.2, 0.25) is 5.91 Å². The molecule has 20 heavy (non-hydrogen) atoms. The first-order chi connectivity index (χ1) is 9.56. The summed E-state index contributed by atoms with van der Waals surface area (Å²) in [5.74, 6) is -0.594. The van der Waals surface area contributed by atoms with Gasteiger partial charge in [-0.15, -0.1) is 0 Å². The second-order valence-electron chi connectivity index (χ2n) is 4.42. The van der Waals surface area contributed by atoms with Crippen molar-refractivity contribution in [1.82, 2.24) is 0 Å². The fraction of sp³-hybridized carbons (Fsp3) is 0.200. The minimum atomic E-state index is -0.798. The Morgan fingerprint density at radius 2 is 1.80 bits per heavy atom. The average molecular weight is 272 g/mol. The first-order valence-corrected chi connectivity index (χ1v) is 6.20. The van der Waals surface area contributed by atoms with Gasteiger partial charge in [0.15, 0.2) is 0 Å². The number of fused-ring (bicyclic) bond motifs is 1. The van der Waals surface area contributed by atoms with Crippen LogP contribution in [0.25, 0.3) is 10.8 Å². The molecule has 0 saturated carbocycles. The van der Waals surface area contributed by atoms with Crippen LogP contribution in [0.3, 0.4) is 0 Å². The third kappa shape index (κ3) is 2.42. The van der Waals surface area contributed by atoms with E-state index < -0.39 is 18.0 Å². The lowest BCUT2D eigenvalue weighted by atomic mass is 10.1. The van der Waals surface area contributed by atoms with E-state index in [4.69, 9.17) is 10.5 Å². The van der Waals surface area contributed by atoms with Crippen LogP contribution in [0.1, 0.15) is 6.92 Å². The molecule has 0 heterocycles. The van der Waals surface area contributed by atoms with E-state index in [9.17, 15) is 9.59 Å². The van der Waals surface area contributed by atoms with E-state index in [1.165, 1.54) is 12.0 Å². The van der Waals surface area contributed by atoms with E-state index in [1.807, 2.05) is 36.4 Å². The average Bonchev–Trinajstić information content (AvgIpc) is 2.47. The Morgan fingerprint density at radius 3 is 2.45 bits per heavy atom. The maximum absolute atomic E-state index is 12.0. The van der Waals surface area contributed by atoms with Crippen molar-refractivity contribution in [2.75, 3.05) is 12.0 Å². The molecule has 2 aromatic rings. The minimum absolute atomic E-state index is 0.594. The Labute approximate surface area is 116 Å². The van der Waals surface area contributed by atoms with E-state index >= 15 is 0 Å². The van der Waals surface area contributed by atoms with Crippen LogP contribution in [-0.4, -0.2) is 25.2 Å². The van der Waals surface area contributed by atoms with Gasteiger partial charge >= 0.3 is 6.09 Å². The number of rotatable bonds is 3. The molecule has 0 fully saturated rings. The van der Waals surface area contributed by atoms with Crippen molar-refractivity contribution < 1.29 is 14.3 Å². The van der Waals surface area contributed by atoms with E-state index in [-0.39, 0.29) is 0 Å². The van der Waals surface area contributed by atoms with Crippen LogP contribution in [-0.2, 0) is 9.53 Å². The van der Waals surface area contributed by atoms with Crippen molar-refractivity contribution in [2.24, 2.45) is 5.73 Å². The molecule has 0 aromatic heterocycles. The number of ether oxygens (including phenoxy) is 1. The molecule has 0 aliphatic rings. The molecule has 0 spiro atoms. The van der Waals surface area contributed by atoms with Gasteiger partial charge < -0.3 is 10.5 Å². The number of methoxy groups -OCH3 is 1. The summed E-state index contributed by atoms with van der Waals surface area (Å²) in [6, 6.07) is 12.3. The highest BCUT2D eigenvalue weighted by atomic mass is 16.5. The molecule has 2 amide bonds. The Balaban J connectivity index is 2.62. The number of carbonyl (C=O) groups excluding carboxylic acids is 2. The standard InChI is InChI=1S/C15H16N2O3/c1-10(14(16)18)17(15(19)20-2)13-9-5-7-11-6-3-4-8-12(11)13/h3-10H,1-2H3,(H2,16,18)/t10-/m0/s1. The molecule has 5 heteroatoms. The molecule has 104 valence electrons. The van der Waals surface area contributed by atoms with Gasteiger partial charge in [0.25, 0.3) is 0 Å². The summed E-state index contributed by atoms with van der Waals surface area (Å²) in [6.07, 6.45) is -0.618. The molecule has 0 saturated heterocycles. The SMILES string of the molecule is COC(=O)N(c1cccc2ccccc12)[C@@H](C)C(N)=O. The second-order valence-corrected chi connectivity index (χ2v) is 4.42. The van der Waals surface area contributed by atoms with Gasteiger partial charge in [-0.3, -0.25) is 9.69 Å². The highest BCUT2D eigenvalue weighted by Gasteiger charge is 2.27. The van der Waals surface area contributed by atoms with Gasteiger partial charge in [-0.1, -0.05) is 36.4 Å². The quantitative estimate of drug-likeness (QED) is 0.931. The molecule has 0 radical (unpaired) electrons. The maximum Gasteiger partial charge on any atom is 0.414 e. The van der Waals surface area contributed by atoms with Gasteiger partial charge in [0.1, 0.15) is 6.04 Å². The molecule has 0 bridgehead atoms. The van der Waals surface area contributed by atoms with Crippen molar-refractivity contribution in [1.29, 1.82) is 0 Å². The fourth-order valence-electron chi connectivity index (χ4n) is 2.11. The van der Waals surface area contributed by atoms with Crippen molar-refractivity contribution in [3.8, 4) is 0 Å². The topological polar surface area (TPSA) is 72.6 Å². The zero-order chi connectivity index (χ0) is 14.7. The van der Waals surface area contributed by atoms with E-state index in [2.05, 4.69) is 0 Å². The Bertz CT molecular complexity index is 649. The molecule has 2 N–H and O–H groups in total. The molecule has 2 rings (SSSR count). The van der Waals surface area contributed by atoms with Gasteiger partial charge in [-0.25, -0.2) is 4.79 Å². The highest BCUT2D eigenvalue weighted by Crippen LogP contribution is 2.28. The number of nitrogens with zero attached hydrogens (tertiary/aromatic N) is 1. The second kappa shape index (κ2) is 5.61. The zero-order valence-corrected chi connectivity index (χ0v) is 11.4. The van der Waals surface area contributed by atoms with Crippen LogP contribution in [0.15, 0.2) is 42.5 Å². The smallest absolute Gasteiger partial charge is 0.414 e. The number of hydrogen-bond donors (Lipinski definition) is 1. The number of primary amides is 1. The van der Waals surface area contributed by atoms with Crippen molar-refractivity contribution in [2.45, 2.75) is 13.0 Å². The van der Waals surface area contributed by atoms with E-state index in [0.717, 1.165) is 10.8 Å². The Hall–Kier alpha value is -2.56. The normalized spacial score (nSPS) is 11.9. The first kappa shape index (κ1) is 13.9. The summed E-state index contributed by atoms with van der Waals surface area (Å²) in [6.45, 7) is 1.57. The van der Waals surface area contributed by atoms with Crippen molar-refractivity contribution >= 4 is 28.5 Å². The highest BCUT2D eigenvalue weighted by molar-refractivity contribution is 6.05. The van der Waals surface area contributed by atoms with Gasteiger partial charge in [0.05, 0.1) is 12.8 Å². The monoisotopic (exact) mass is 272 g/mol. The number of hydrogen-bond acceptors (Lipinski definition) is 3. The van der Waals surface area contributed by atoms with Crippen molar-refractivity contribution in [3.63, 3.8) is 0 Å². The Kier molecular flexibility index (Phi) is 3.89. The summed E-state index contributed by atoms with van der Waals surface area (Å²) in [4.78, 5) is 24.7. The van der Waals surface area contributed by atoms with Crippen LogP contribution < -0.4 is 10.6 Å². The lowest BCUT2D eigenvalue weighted by molar-refractivity contribution is -0.118. The Morgan fingerprint density at radius 1 is 1.15 bits per heavy atom. The molecular weight excluding hydrogens is 256 g/mol. The lowest BCUT2D eigenvalue weighted by Gasteiger charge is -2.26. The molecule has 0 aliphatic heterocycles. The summed E-state index contributed by atoms with van der Waals surface area (Å²) in [7, 11) is 1.27. The van der Waals surface area contributed by atoms with Crippen molar-refractivity contribution in [3.05, 3.63) is 42.5 Å². The number of carbonyl (C=O) groups is 2. The predicted octanol–water partition coefficient (Wildman–Crippen LogP) is 2.29. The first-order valence-electron chi connectivity index (χ1n) is 6.20. The molecule has 1 atom stereocenters. The summed E-state index contributed by atoms with van der Waals surface area (Å²) >= 11 is 0. The largest absolute Gasteiger partial charge is 0.452 e. The number of nitrogens with two attached hydrogens (primary N) is 1. The van der Waals surface area contributed by atoms with Gasteiger partial charge in [-0.05, 0) is 18.4 Å². The third-order valence-corrected chi connectivity index (χ3v) is 3.20. The number of amides is 2. The van der Waals surface area contributed by atoms with Crippen LogP contribution in [0.4, 0.5) is 10.5 Å². The summed E-state index contributed by atoms with van der Waals surface area (Å²) in [5.41, 5.74) is 5.92. The van der Waals surface area contributed by atoms with Gasteiger partial charge in [0, 0.05) is 5.39 Å². The lowest BCUT2D eigenvalue weighted by Crippen LogP contribution is -2.46. The van der Waals surface area contributed by atoms with Crippen LogP contribution in [0.5, 0.6) is 0 Å². The summed E-state index contributed by atoms with van der Waals surface area (Å²) < 4.78 is 4.77. The molecule has 2 aromatic carbocycles. The maximum atomic E-state index is 12.0. The van der Waals surface area contributed by atoms with Crippen LogP contribution >= 0.6 is 0 Å². The third-order valence-electron chi connectivity index (χ3n) is 3.20. The van der Waals surface area contributed by atoms with Crippen LogP contribution in [0, 0.1) is 0 Å². The molecule has 0 aliphatic carbocycles. The molecule has 0 unspecified atom stereocenters. The fourth-order valence-corrected chi connectivity index (χ4v) is 2.11. The molecular formula is C15H16N2O3. The minimum Gasteiger partial charge on any atom is -0.452 e. The van der Waals surface area contributed by atoms with E-state index in [0.29, 0.717) is 5.69 Å². The van der Waals surface area contributed by atoms with Crippen LogP contribution in [0.2, 0.25) is 0 Å².